The minimum atomic E-state index is -4.43. The molecule has 0 aliphatic carbocycles. The van der Waals surface area contributed by atoms with E-state index in [0.29, 0.717) is 6.54 Å². The first-order valence-corrected chi connectivity index (χ1v) is 8.46. The molecule has 3 rings (SSSR count). The summed E-state index contributed by atoms with van der Waals surface area (Å²) < 4.78 is 37.4. The molecule has 2 aliphatic rings. The molecule has 2 atom stereocenters. The summed E-state index contributed by atoms with van der Waals surface area (Å²) in [6.45, 7) is -0.809. The van der Waals surface area contributed by atoms with Crippen molar-refractivity contribution in [3.05, 3.63) is 22.4 Å². The number of alkyl halides is 3. The van der Waals surface area contributed by atoms with Crippen molar-refractivity contribution in [2.75, 3.05) is 19.6 Å². The van der Waals surface area contributed by atoms with Gasteiger partial charge in [0.15, 0.2) is 0 Å². The van der Waals surface area contributed by atoms with E-state index in [4.69, 9.17) is 0 Å². The van der Waals surface area contributed by atoms with E-state index in [1.165, 1.54) is 0 Å². The lowest BCUT2D eigenvalue weighted by molar-refractivity contribution is -0.157. The van der Waals surface area contributed by atoms with Gasteiger partial charge in [-0.3, -0.25) is 9.59 Å². The topological polar surface area (TPSA) is 40.6 Å². The van der Waals surface area contributed by atoms with E-state index in [-0.39, 0.29) is 24.9 Å². The fourth-order valence-electron chi connectivity index (χ4n) is 3.38. The molecule has 1 aromatic heterocycles. The molecule has 2 aliphatic heterocycles. The number of rotatable bonds is 3. The van der Waals surface area contributed by atoms with Crippen LogP contribution in [-0.4, -0.2) is 47.4 Å². The van der Waals surface area contributed by atoms with Gasteiger partial charge in [-0.05, 0) is 35.2 Å². The molecule has 2 amide bonds. The van der Waals surface area contributed by atoms with Crippen LogP contribution in [0.25, 0.3) is 0 Å². The highest BCUT2D eigenvalue weighted by Gasteiger charge is 2.43. The Bertz CT molecular complexity index is 588. The Morgan fingerprint density at radius 1 is 1.39 bits per heavy atom. The van der Waals surface area contributed by atoms with E-state index in [0.717, 1.165) is 23.3 Å². The van der Waals surface area contributed by atoms with Gasteiger partial charge in [-0.25, -0.2) is 0 Å². The third-order valence-corrected chi connectivity index (χ3v) is 5.10. The van der Waals surface area contributed by atoms with Gasteiger partial charge in [0, 0.05) is 19.5 Å². The molecule has 2 saturated heterocycles. The average molecular weight is 346 g/mol. The van der Waals surface area contributed by atoms with Crippen LogP contribution in [0.5, 0.6) is 0 Å². The molecule has 0 N–H and O–H groups in total. The second-order valence-electron chi connectivity index (χ2n) is 6.04. The maximum absolute atomic E-state index is 12.7. The summed E-state index contributed by atoms with van der Waals surface area (Å²) in [6.07, 6.45) is -2.82. The highest BCUT2D eigenvalue weighted by atomic mass is 32.1. The second-order valence-corrected chi connectivity index (χ2v) is 6.82. The average Bonchev–Trinajstić information content (AvgIpc) is 3.16. The van der Waals surface area contributed by atoms with Crippen molar-refractivity contribution in [2.24, 2.45) is 5.92 Å². The summed E-state index contributed by atoms with van der Waals surface area (Å²) in [7, 11) is 0. The summed E-state index contributed by atoms with van der Waals surface area (Å²) >= 11 is 1.55. The lowest BCUT2D eigenvalue weighted by Gasteiger charge is -2.27. The molecule has 2 fully saturated rings. The number of hydrogen-bond acceptors (Lipinski definition) is 3. The number of halogens is 3. The van der Waals surface area contributed by atoms with E-state index < -0.39 is 24.5 Å². The van der Waals surface area contributed by atoms with Crippen molar-refractivity contribution in [3.8, 4) is 0 Å². The molecule has 0 spiro atoms. The third-order valence-electron chi connectivity index (χ3n) is 4.40. The number of hydrogen-bond donors (Lipinski definition) is 0. The quantitative estimate of drug-likeness (QED) is 0.844. The van der Waals surface area contributed by atoms with Crippen molar-refractivity contribution in [1.82, 2.24) is 9.80 Å². The highest BCUT2D eigenvalue weighted by Crippen LogP contribution is 2.35. The summed E-state index contributed by atoms with van der Waals surface area (Å²) in [6, 6.07) is 1.96. The second kappa shape index (κ2) is 6.14. The molecule has 0 unspecified atom stereocenters. The number of carbonyl (C=O) groups is 2. The predicted octanol–water partition coefficient (Wildman–Crippen LogP) is 2.82. The Morgan fingerprint density at radius 3 is 2.83 bits per heavy atom. The molecule has 126 valence electrons. The van der Waals surface area contributed by atoms with Crippen LogP contribution >= 0.6 is 11.3 Å². The Morgan fingerprint density at radius 2 is 2.17 bits per heavy atom. The zero-order valence-corrected chi connectivity index (χ0v) is 13.2. The molecule has 8 heteroatoms. The standard InChI is InChI=1S/C15H17F3N2O2S/c16-15(17,18)9-19-7-11(6-13(19)21)14(22)20-4-1-2-12(20)10-3-5-23-8-10/h3,5,8,11-12H,1-2,4,6-7,9H2/t11-,12+/m0/s1. The van der Waals surface area contributed by atoms with Crippen LogP contribution in [0.3, 0.4) is 0 Å². The molecule has 0 bridgehead atoms. The SMILES string of the molecule is O=C1C[C@H](C(=O)N2CCC[C@@H]2c2ccsc2)CN1CC(F)(F)F. The summed E-state index contributed by atoms with van der Waals surface area (Å²) in [4.78, 5) is 26.9. The van der Waals surface area contributed by atoms with Gasteiger partial charge in [0.1, 0.15) is 6.54 Å². The molecule has 3 heterocycles. The Balaban J connectivity index is 1.68. The maximum atomic E-state index is 12.7. The number of likely N-dealkylation sites (tertiary alicyclic amines) is 2. The van der Waals surface area contributed by atoms with Gasteiger partial charge in [-0.2, -0.15) is 24.5 Å². The van der Waals surface area contributed by atoms with E-state index in [1.54, 1.807) is 16.2 Å². The molecular weight excluding hydrogens is 329 g/mol. The van der Waals surface area contributed by atoms with Crippen LogP contribution in [0.4, 0.5) is 13.2 Å². The van der Waals surface area contributed by atoms with Gasteiger partial charge in [0.25, 0.3) is 0 Å². The van der Waals surface area contributed by atoms with Crippen molar-refractivity contribution in [3.63, 3.8) is 0 Å². The predicted molar refractivity (Wildman–Crippen MR) is 78.7 cm³/mol. The minimum Gasteiger partial charge on any atom is -0.335 e. The van der Waals surface area contributed by atoms with Crippen molar-refractivity contribution in [2.45, 2.75) is 31.5 Å². The highest BCUT2D eigenvalue weighted by molar-refractivity contribution is 7.07. The van der Waals surface area contributed by atoms with E-state index in [1.807, 2.05) is 16.8 Å². The Hall–Kier alpha value is -1.57. The summed E-state index contributed by atoms with van der Waals surface area (Å²) in [5.41, 5.74) is 1.07. The van der Waals surface area contributed by atoms with Crippen LogP contribution < -0.4 is 0 Å². The lowest BCUT2D eigenvalue weighted by atomic mass is 10.0. The molecule has 0 radical (unpaired) electrons. The van der Waals surface area contributed by atoms with Crippen LogP contribution in [0.2, 0.25) is 0 Å². The summed E-state index contributed by atoms with van der Waals surface area (Å²) in [5, 5.41) is 3.94. The van der Waals surface area contributed by atoms with Crippen molar-refractivity contribution >= 4 is 23.2 Å². The zero-order valence-electron chi connectivity index (χ0n) is 12.4. The first-order chi connectivity index (χ1) is 10.8. The smallest absolute Gasteiger partial charge is 0.335 e. The number of nitrogens with zero attached hydrogens (tertiary/aromatic N) is 2. The summed E-state index contributed by atoms with van der Waals surface area (Å²) in [5.74, 6) is -1.45. The fraction of sp³-hybridized carbons (Fsp3) is 0.600. The van der Waals surface area contributed by atoms with Crippen molar-refractivity contribution < 1.29 is 22.8 Å². The van der Waals surface area contributed by atoms with Gasteiger partial charge < -0.3 is 9.80 Å². The molecule has 23 heavy (non-hydrogen) atoms. The Labute approximate surface area is 135 Å². The van der Waals surface area contributed by atoms with Gasteiger partial charge in [0.05, 0.1) is 12.0 Å². The van der Waals surface area contributed by atoms with E-state index in [9.17, 15) is 22.8 Å². The lowest BCUT2D eigenvalue weighted by Crippen LogP contribution is -2.38. The van der Waals surface area contributed by atoms with E-state index in [2.05, 4.69) is 0 Å². The zero-order chi connectivity index (χ0) is 16.6. The monoisotopic (exact) mass is 346 g/mol. The first kappa shape index (κ1) is 16.3. The van der Waals surface area contributed by atoms with Gasteiger partial charge >= 0.3 is 6.18 Å². The van der Waals surface area contributed by atoms with Crippen LogP contribution in [-0.2, 0) is 9.59 Å². The molecule has 1 aromatic rings. The van der Waals surface area contributed by atoms with Crippen LogP contribution in [0.15, 0.2) is 16.8 Å². The largest absolute Gasteiger partial charge is 0.406 e. The molecule has 0 saturated carbocycles. The normalized spacial score (nSPS) is 25.4. The number of carbonyl (C=O) groups excluding carboxylic acids is 2. The van der Waals surface area contributed by atoms with Crippen molar-refractivity contribution in [1.29, 1.82) is 0 Å². The number of thiophene rings is 1. The first-order valence-electron chi connectivity index (χ1n) is 7.52. The van der Waals surface area contributed by atoms with Crippen LogP contribution in [0, 0.1) is 5.92 Å². The molecule has 4 nitrogen and oxygen atoms in total. The molecule has 0 aromatic carbocycles. The minimum absolute atomic E-state index is 0.0134. The van der Waals surface area contributed by atoms with Gasteiger partial charge in [-0.15, -0.1) is 0 Å². The fourth-order valence-corrected chi connectivity index (χ4v) is 4.09. The third kappa shape index (κ3) is 3.52. The molecular formula is C15H17F3N2O2S. The van der Waals surface area contributed by atoms with E-state index >= 15 is 0 Å². The van der Waals surface area contributed by atoms with Gasteiger partial charge in [0.2, 0.25) is 11.8 Å². The Kier molecular flexibility index (Phi) is 4.35. The number of amides is 2. The maximum Gasteiger partial charge on any atom is 0.406 e. The van der Waals surface area contributed by atoms with Crippen LogP contribution in [0.1, 0.15) is 30.9 Å². The van der Waals surface area contributed by atoms with Gasteiger partial charge in [-0.1, -0.05) is 0 Å².